The molecule has 7 heteroatoms. The molecule has 3 aromatic carbocycles. The Balaban J connectivity index is 1.68. The number of benzene rings is 3. The van der Waals surface area contributed by atoms with Crippen molar-refractivity contribution in [2.45, 2.75) is 13.3 Å². The van der Waals surface area contributed by atoms with Crippen molar-refractivity contribution in [3.63, 3.8) is 0 Å². The van der Waals surface area contributed by atoms with Crippen LogP contribution in [0.5, 0.6) is 0 Å². The van der Waals surface area contributed by atoms with E-state index in [1.54, 1.807) is 0 Å². The second-order valence-corrected chi connectivity index (χ2v) is 11.4. The Morgan fingerprint density at radius 3 is 1.91 bits per heavy atom. The van der Waals surface area contributed by atoms with Crippen molar-refractivity contribution in [2.24, 2.45) is 0 Å². The van der Waals surface area contributed by atoms with E-state index < -0.39 is 7.29 Å². The number of thiazole rings is 1. The van der Waals surface area contributed by atoms with E-state index in [1.165, 1.54) is 28.5 Å². The molecule has 172 valence electrons. The van der Waals surface area contributed by atoms with E-state index in [0.29, 0.717) is 15.2 Å². The van der Waals surface area contributed by atoms with E-state index in [9.17, 15) is 4.57 Å². The first-order valence-electron chi connectivity index (χ1n) is 10.8. The van der Waals surface area contributed by atoms with Crippen molar-refractivity contribution in [3.8, 4) is 11.3 Å². The fourth-order valence-electron chi connectivity index (χ4n) is 3.30. The van der Waals surface area contributed by atoms with E-state index in [2.05, 4.69) is 41.3 Å². The number of hydrogen-bond acceptors (Lipinski definition) is 3. The van der Waals surface area contributed by atoms with Crippen LogP contribution in [-0.4, -0.2) is 4.98 Å². The lowest BCUT2D eigenvalue weighted by Crippen LogP contribution is -1.94. The van der Waals surface area contributed by atoms with Gasteiger partial charge in [0.15, 0.2) is 5.13 Å². The summed E-state index contributed by atoms with van der Waals surface area (Å²) in [5.74, 6) is 3.07. The molecule has 34 heavy (non-hydrogen) atoms. The molecule has 1 N–H and O–H groups in total. The van der Waals surface area contributed by atoms with E-state index in [-0.39, 0.29) is 0 Å². The fourth-order valence-corrected chi connectivity index (χ4v) is 7.15. The monoisotopic (exact) mass is 524 g/mol. The second kappa shape index (κ2) is 11.2. The van der Waals surface area contributed by atoms with Crippen LogP contribution in [0.25, 0.3) is 21.3 Å². The highest BCUT2D eigenvalue weighted by Crippen LogP contribution is 2.54. The minimum atomic E-state index is -3.37. The van der Waals surface area contributed by atoms with Gasteiger partial charge in [0.25, 0.3) is 0 Å². The average molecular weight is 525 g/mol. The maximum atomic E-state index is 14.1. The summed E-state index contributed by atoms with van der Waals surface area (Å²) < 4.78 is 14.1. The maximum Gasteiger partial charge on any atom is 0.217 e. The molecular formula is C27H23Cl2N2OPS. The van der Waals surface area contributed by atoms with Crippen LogP contribution < -0.4 is 5.09 Å². The summed E-state index contributed by atoms with van der Waals surface area (Å²) in [5, 5.41) is 6.33. The molecule has 0 saturated carbocycles. The number of hydrogen-bond donors (Lipinski definition) is 1. The zero-order chi connectivity index (χ0) is 24.0. The summed E-state index contributed by atoms with van der Waals surface area (Å²) >= 11 is 14.5. The number of nitrogens with zero attached hydrogens (tertiary/aromatic N) is 1. The highest BCUT2D eigenvalue weighted by Gasteiger charge is 2.21. The number of aromatic nitrogens is 1. The Hall–Kier alpha value is -2.62. The topological polar surface area (TPSA) is 42.0 Å². The molecule has 0 bridgehead atoms. The predicted molar refractivity (Wildman–Crippen MR) is 149 cm³/mol. The van der Waals surface area contributed by atoms with Crippen LogP contribution >= 0.6 is 41.8 Å². The van der Waals surface area contributed by atoms with Crippen molar-refractivity contribution < 1.29 is 4.57 Å². The molecule has 0 spiro atoms. The van der Waals surface area contributed by atoms with Crippen LogP contribution in [0.2, 0.25) is 0 Å². The minimum Gasteiger partial charge on any atom is -0.306 e. The average Bonchev–Trinajstić information content (AvgIpc) is 3.33. The molecule has 1 heterocycles. The molecule has 0 fully saturated rings. The molecule has 4 rings (SSSR count). The first-order chi connectivity index (χ1) is 16.5. The van der Waals surface area contributed by atoms with Gasteiger partial charge in [0, 0.05) is 22.6 Å². The number of halogens is 2. The van der Waals surface area contributed by atoms with Gasteiger partial charge in [-0.15, -0.1) is 11.3 Å². The van der Waals surface area contributed by atoms with Gasteiger partial charge in [0.05, 0.1) is 15.8 Å². The SMILES string of the molecule is CCc1ccc(-c2csc(NP(=O)(C=C(Cl)c3ccccc3)/C=C(/Cl)c3ccccc3)n2)cc1. The Bertz CT molecular complexity index is 1290. The minimum absolute atomic E-state index is 0.372. The van der Waals surface area contributed by atoms with Crippen molar-refractivity contribution in [3.05, 3.63) is 119 Å². The van der Waals surface area contributed by atoms with Gasteiger partial charge in [-0.3, -0.25) is 4.57 Å². The summed E-state index contributed by atoms with van der Waals surface area (Å²) in [7, 11) is -3.37. The first-order valence-corrected chi connectivity index (χ1v) is 14.2. The Kier molecular flexibility index (Phi) is 8.07. The molecule has 0 aliphatic carbocycles. The van der Waals surface area contributed by atoms with Gasteiger partial charge in [-0.05, 0) is 23.1 Å². The molecule has 0 saturated heterocycles. The van der Waals surface area contributed by atoms with Crippen LogP contribution in [-0.2, 0) is 11.0 Å². The van der Waals surface area contributed by atoms with Gasteiger partial charge in [0.1, 0.15) is 0 Å². The summed E-state index contributed by atoms with van der Waals surface area (Å²) in [5.41, 5.74) is 4.63. The van der Waals surface area contributed by atoms with E-state index >= 15 is 0 Å². The maximum absolute atomic E-state index is 14.1. The van der Waals surface area contributed by atoms with Gasteiger partial charge in [-0.25, -0.2) is 4.98 Å². The molecule has 0 amide bonds. The summed E-state index contributed by atoms with van der Waals surface area (Å²) in [6.45, 7) is 2.12. The molecule has 0 aliphatic rings. The first kappa shape index (κ1) is 24.5. The van der Waals surface area contributed by atoms with Gasteiger partial charge < -0.3 is 5.09 Å². The molecule has 1 atom stereocenters. The lowest BCUT2D eigenvalue weighted by molar-refractivity contribution is 0.589. The zero-order valence-electron chi connectivity index (χ0n) is 18.5. The summed E-state index contributed by atoms with van der Waals surface area (Å²) in [6, 6.07) is 27.1. The van der Waals surface area contributed by atoms with Gasteiger partial charge in [0.2, 0.25) is 7.29 Å². The highest BCUT2D eigenvalue weighted by molar-refractivity contribution is 7.72. The van der Waals surface area contributed by atoms with Crippen molar-refractivity contribution in [2.75, 3.05) is 5.09 Å². The van der Waals surface area contributed by atoms with Crippen LogP contribution in [0.4, 0.5) is 5.13 Å². The number of aryl methyl sites for hydroxylation is 1. The third-order valence-electron chi connectivity index (χ3n) is 5.14. The number of rotatable bonds is 8. The van der Waals surface area contributed by atoms with Gasteiger partial charge in [-0.1, -0.05) is 115 Å². The van der Waals surface area contributed by atoms with Crippen molar-refractivity contribution >= 4 is 57.0 Å². The highest BCUT2D eigenvalue weighted by atomic mass is 35.5. The fraction of sp³-hybridized carbons (Fsp3) is 0.0741. The Labute approximate surface area is 214 Å². The normalized spacial score (nSPS) is 14.0. The lowest BCUT2D eigenvalue weighted by Gasteiger charge is -2.13. The molecule has 0 aliphatic heterocycles. The van der Waals surface area contributed by atoms with Crippen LogP contribution in [0.1, 0.15) is 23.6 Å². The second-order valence-electron chi connectivity index (χ2n) is 7.60. The van der Waals surface area contributed by atoms with E-state index in [4.69, 9.17) is 23.2 Å². The van der Waals surface area contributed by atoms with E-state index in [1.807, 2.05) is 66.0 Å². The third kappa shape index (κ3) is 6.28. The quantitative estimate of drug-likeness (QED) is 0.233. The van der Waals surface area contributed by atoms with Crippen LogP contribution in [0, 0.1) is 0 Å². The predicted octanol–water partition coefficient (Wildman–Crippen LogP) is 9.54. The largest absolute Gasteiger partial charge is 0.306 e. The standard InChI is InChI=1S/C27H23Cl2N2OPS/c1-2-20-13-15-23(16-14-20)26-19-34-27(30-26)31-33(32,17-24(28)21-9-5-3-6-10-21)18-25(29)22-11-7-4-8-12-22/h3-19H,2H2,1H3,(H,30,31,32)/b24-17+,25-18?. The molecular weight excluding hydrogens is 502 g/mol. The molecule has 0 radical (unpaired) electrons. The van der Waals surface area contributed by atoms with Crippen LogP contribution in [0.3, 0.4) is 0 Å². The number of anilines is 1. The van der Waals surface area contributed by atoms with Crippen molar-refractivity contribution in [1.82, 2.24) is 4.98 Å². The summed E-state index contributed by atoms with van der Waals surface area (Å²) in [6.07, 6.45) is 0.982. The zero-order valence-corrected chi connectivity index (χ0v) is 21.7. The van der Waals surface area contributed by atoms with Crippen molar-refractivity contribution in [1.29, 1.82) is 0 Å². The summed E-state index contributed by atoms with van der Waals surface area (Å²) in [4.78, 5) is 4.67. The van der Waals surface area contributed by atoms with Crippen LogP contribution in [0.15, 0.2) is 102 Å². The number of nitrogens with one attached hydrogen (secondary N) is 1. The molecule has 3 nitrogen and oxygen atoms in total. The lowest BCUT2D eigenvalue weighted by atomic mass is 10.1. The Morgan fingerprint density at radius 2 is 1.41 bits per heavy atom. The molecule has 1 unspecified atom stereocenters. The molecule has 4 aromatic rings. The third-order valence-corrected chi connectivity index (χ3v) is 8.85. The molecule has 1 aromatic heterocycles. The Morgan fingerprint density at radius 1 is 0.882 bits per heavy atom. The van der Waals surface area contributed by atoms with Gasteiger partial charge in [-0.2, -0.15) is 0 Å². The van der Waals surface area contributed by atoms with E-state index in [0.717, 1.165) is 28.8 Å². The van der Waals surface area contributed by atoms with Gasteiger partial charge >= 0.3 is 0 Å². The smallest absolute Gasteiger partial charge is 0.217 e.